The fourth-order valence-electron chi connectivity index (χ4n) is 3.97. The van der Waals surface area contributed by atoms with Gasteiger partial charge in [0.05, 0.1) is 11.6 Å². The van der Waals surface area contributed by atoms with Crippen LogP contribution in [0.4, 0.5) is 0 Å². The van der Waals surface area contributed by atoms with Crippen LogP contribution in [0.5, 0.6) is 0 Å². The first kappa shape index (κ1) is 24.4. The predicted octanol–water partition coefficient (Wildman–Crippen LogP) is 4.80. The van der Waals surface area contributed by atoms with Crippen molar-refractivity contribution in [2.24, 2.45) is 0 Å². The summed E-state index contributed by atoms with van der Waals surface area (Å²) in [6, 6.07) is 14.3. The van der Waals surface area contributed by atoms with Crippen molar-refractivity contribution in [2.45, 2.75) is 23.3 Å². The number of benzene rings is 2. The molecule has 6 nitrogen and oxygen atoms in total. The van der Waals surface area contributed by atoms with E-state index in [1.165, 1.54) is 10.9 Å². The van der Waals surface area contributed by atoms with E-state index in [0.717, 1.165) is 21.9 Å². The molecule has 8 heteroatoms. The van der Waals surface area contributed by atoms with Gasteiger partial charge in [-0.05, 0) is 48.0 Å². The molecule has 0 bridgehead atoms. The SMILES string of the molecule is COCCn1ccc2cc(Sc3ccc(/C=C/C(=O)N4CCN(C(C)=O)CC4)cc3Cl)ccc21. The lowest BCUT2D eigenvalue weighted by Gasteiger charge is -2.33. The van der Waals surface area contributed by atoms with Crippen molar-refractivity contribution in [3.8, 4) is 0 Å². The first-order chi connectivity index (χ1) is 16.4. The molecule has 0 aliphatic carbocycles. The molecule has 178 valence electrons. The number of nitrogens with zero attached hydrogens (tertiary/aromatic N) is 3. The molecule has 1 fully saturated rings. The van der Waals surface area contributed by atoms with E-state index in [1.807, 2.05) is 18.2 Å². The Morgan fingerprint density at radius 2 is 1.82 bits per heavy atom. The van der Waals surface area contributed by atoms with Crippen molar-refractivity contribution in [1.29, 1.82) is 0 Å². The highest BCUT2D eigenvalue weighted by Crippen LogP contribution is 2.35. The minimum absolute atomic E-state index is 0.0515. The summed E-state index contributed by atoms with van der Waals surface area (Å²) in [6.07, 6.45) is 5.44. The van der Waals surface area contributed by atoms with Crippen LogP contribution < -0.4 is 0 Å². The average Bonchev–Trinajstić information content (AvgIpc) is 3.25. The van der Waals surface area contributed by atoms with Crippen molar-refractivity contribution in [2.75, 3.05) is 39.9 Å². The molecule has 2 heterocycles. The molecule has 1 aliphatic heterocycles. The van der Waals surface area contributed by atoms with Gasteiger partial charge >= 0.3 is 0 Å². The van der Waals surface area contributed by atoms with E-state index < -0.39 is 0 Å². The Morgan fingerprint density at radius 3 is 2.53 bits per heavy atom. The summed E-state index contributed by atoms with van der Waals surface area (Å²) in [4.78, 5) is 29.5. The van der Waals surface area contributed by atoms with Crippen LogP contribution in [0.2, 0.25) is 5.02 Å². The van der Waals surface area contributed by atoms with E-state index in [-0.39, 0.29) is 11.8 Å². The van der Waals surface area contributed by atoms with E-state index in [9.17, 15) is 9.59 Å². The van der Waals surface area contributed by atoms with Gasteiger partial charge in [0, 0.05) is 79.7 Å². The van der Waals surface area contributed by atoms with Crippen LogP contribution in [0.3, 0.4) is 0 Å². The lowest BCUT2D eigenvalue weighted by molar-refractivity contribution is -0.135. The number of halogens is 1. The summed E-state index contributed by atoms with van der Waals surface area (Å²) >= 11 is 8.18. The van der Waals surface area contributed by atoms with Gasteiger partial charge in [0.25, 0.3) is 0 Å². The maximum atomic E-state index is 12.5. The Kier molecular flexibility index (Phi) is 7.98. The van der Waals surface area contributed by atoms with Gasteiger partial charge in [-0.3, -0.25) is 9.59 Å². The average molecular weight is 498 g/mol. The molecular weight excluding hydrogens is 470 g/mol. The second-order valence-corrected chi connectivity index (χ2v) is 9.70. The first-order valence-electron chi connectivity index (χ1n) is 11.2. The number of amides is 2. The summed E-state index contributed by atoms with van der Waals surface area (Å²) in [6.45, 7) is 5.33. The van der Waals surface area contributed by atoms with Crippen LogP contribution in [0.25, 0.3) is 17.0 Å². The fourth-order valence-corrected chi connectivity index (χ4v) is 5.14. The number of hydrogen-bond acceptors (Lipinski definition) is 4. The molecule has 0 unspecified atom stereocenters. The molecule has 2 amide bonds. The van der Waals surface area contributed by atoms with E-state index in [2.05, 4.69) is 35.0 Å². The van der Waals surface area contributed by atoms with Gasteiger partial charge < -0.3 is 19.1 Å². The Morgan fingerprint density at radius 1 is 1.06 bits per heavy atom. The number of hydrogen-bond donors (Lipinski definition) is 0. The largest absolute Gasteiger partial charge is 0.383 e. The predicted molar refractivity (Wildman–Crippen MR) is 137 cm³/mol. The third kappa shape index (κ3) is 5.84. The van der Waals surface area contributed by atoms with Crippen molar-refractivity contribution < 1.29 is 14.3 Å². The molecule has 0 radical (unpaired) electrons. The van der Waals surface area contributed by atoms with Gasteiger partial charge in [0.15, 0.2) is 0 Å². The molecule has 1 aliphatic rings. The lowest BCUT2D eigenvalue weighted by Crippen LogP contribution is -2.49. The zero-order chi connectivity index (χ0) is 24.1. The topological polar surface area (TPSA) is 54.8 Å². The van der Waals surface area contributed by atoms with Crippen LogP contribution >= 0.6 is 23.4 Å². The van der Waals surface area contributed by atoms with Crippen LogP contribution in [0.15, 0.2) is 64.5 Å². The zero-order valence-electron chi connectivity index (χ0n) is 19.4. The molecule has 0 spiro atoms. The Labute approximate surface area is 209 Å². The quantitative estimate of drug-likeness (QED) is 0.440. The third-order valence-electron chi connectivity index (χ3n) is 5.92. The molecule has 34 heavy (non-hydrogen) atoms. The van der Waals surface area contributed by atoms with Crippen molar-refractivity contribution in [3.05, 3.63) is 65.3 Å². The molecule has 3 aromatic rings. The Balaban J connectivity index is 1.38. The number of methoxy groups -OCH3 is 1. The number of carbonyl (C=O) groups excluding carboxylic acids is 2. The maximum Gasteiger partial charge on any atom is 0.246 e. The minimum atomic E-state index is -0.0523. The number of aromatic nitrogens is 1. The number of rotatable bonds is 7. The van der Waals surface area contributed by atoms with Crippen LogP contribution in [-0.2, 0) is 20.9 Å². The van der Waals surface area contributed by atoms with Gasteiger partial charge in [0.2, 0.25) is 11.8 Å². The maximum absolute atomic E-state index is 12.5. The Bertz CT molecular complexity index is 1220. The van der Waals surface area contributed by atoms with Crippen LogP contribution in [-0.4, -0.2) is 66.1 Å². The highest BCUT2D eigenvalue weighted by atomic mass is 35.5. The summed E-state index contributed by atoms with van der Waals surface area (Å²) in [7, 11) is 1.71. The number of piperazine rings is 1. The second-order valence-electron chi connectivity index (χ2n) is 8.18. The fraction of sp³-hybridized carbons (Fsp3) is 0.308. The highest BCUT2D eigenvalue weighted by molar-refractivity contribution is 7.99. The van der Waals surface area contributed by atoms with Gasteiger partial charge in [-0.15, -0.1) is 0 Å². The van der Waals surface area contributed by atoms with Gasteiger partial charge in [-0.25, -0.2) is 0 Å². The lowest BCUT2D eigenvalue weighted by atomic mass is 10.2. The minimum Gasteiger partial charge on any atom is -0.383 e. The summed E-state index contributed by atoms with van der Waals surface area (Å²) in [5.74, 6) is -0.000779. The molecule has 2 aromatic carbocycles. The molecular formula is C26H28ClN3O3S. The molecule has 4 rings (SSSR count). The van der Waals surface area contributed by atoms with Gasteiger partial charge in [0.1, 0.15) is 0 Å². The normalized spacial score (nSPS) is 14.3. The molecule has 0 atom stereocenters. The smallest absolute Gasteiger partial charge is 0.246 e. The molecule has 0 N–H and O–H groups in total. The van der Waals surface area contributed by atoms with Crippen molar-refractivity contribution in [1.82, 2.24) is 14.4 Å². The van der Waals surface area contributed by atoms with Crippen molar-refractivity contribution >= 4 is 52.2 Å². The monoisotopic (exact) mass is 497 g/mol. The number of fused-ring (bicyclic) bond motifs is 1. The van der Waals surface area contributed by atoms with Gasteiger partial charge in [-0.2, -0.15) is 0 Å². The Hall–Kier alpha value is -2.74. The van der Waals surface area contributed by atoms with E-state index in [1.54, 1.807) is 47.7 Å². The summed E-state index contributed by atoms with van der Waals surface area (Å²) in [5.41, 5.74) is 2.05. The standard InChI is InChI=1S/C26H28ClN3O3S/c1-19(31)28-11-13-30(14-12-28)26(32)8-4-20-3-7-25(23(27)17-20)34-22-5-6-24-21(18-22)9-10-29(24)15-16-33-2/h3-10,17-18H,11-16H2,1-2H3/b8-4+. The van der Waals surface area contributed by atoms with E-state index in [4.69, 9.17) is 16.3 Å². The summed E-state index contributed by atoms with van der Waals surface area (Å²) in [5, 5.41) is 1.83. The van der Waals surface area contributed by atoms with Crippen LogP contribution in [0.1, 0.15) is 12.5 Å². The van der Waals surface area contributed by atoms with E-state index >= 15 is 0 Å². The van der Waals surface area contributed by atoms with Crippen molar-refractivity contribution in [3.63, 3.8) is 0 Å². The molecule has 0 saturated carbocycles. The molecule has 1 aromatic heterocycles. The second kappa shape index (κ2) is 11.1. The third-order valence-corrected chi connectivity index (χ3v) is 7.41. The molecule has 1 saturated heterocycles. The van der Waals surface area contributed by atoms with E-state index in [0.29, 0.717) is 37.8 Å². The number of ether oxygens (including phenoxy) is 1. The first-order valence-corrected chi connectivity index (χ1v) is 12.4. The highest BCUT2D eigenvalue weighted by Gasteiger charge is 2.20. The van der Waals surface area contributed by atoms with Gasteiger partial charge in [-0.1, -0.05) is 29.4 Å². The van der Waals surface area contributed by atoms with Crippen LogP contribution in [0, 0.1) is 0 Å². The zero-order valence-corrected chi connectivity index (χ0v) is 20.9. The number of carbonyl (C=O) groups is 2. The summed E-state index contributed by atoms with van der Waals surface area (Å²) < 4.78 is 7.37.